The number of nitrogens with zero attached hydrogens (tertiary/aromatic N) is 1. The second-order valence-electron chi connectivity index (χ2n) is 9.60. The number of hydrogen-bond donors (Lipinski definition) is 3. The lowest BCUT2D eigenvalue weighted by Gasteiger charge is -2.07. The fraction of sp³-hybridized carbons (Fsp3) is 0.533. The molecule has 0 aliphatic carbocycles. The van der Waals surface area contributed by atoms with Crippen LogP contribution >= 0.6 is 0 Å². The molecule has 0 amide bonds. The predicted molar refractivity (Wildman–Crippen MR) is 147 cm³/mol. The Hall–Kier alpha value is -3.02. The molecular formula is C30H43N3O3. The molecule has 1 aliphatic heterocycles. The van der Waals surface area contributed by atoms with E-state index in [-0.39, 0.29) is 5.57 Å². The van der Waals surface area contributed by atoms with Gasteiger partial charge in [-0.1, -0.05) is 71.6 Å². The van der Waals surface area contributed by atoms with Crippen molar-refractivity contribution < 1.29 is 14.6 Å². The van der Waals surface area contributed by atoms with Crippen molar-refractivity contribution in [3.05, 3.63) is 64.1 Å². The number of carboxylic acids is 1. The highest BCUT2D eigenvalue weighted by atomic mass is 16.5. The topological polar surface area (TPSA) is 90.5 Å². The van der Waals surface area contributed by atoms with E-state index in [1.165, 1.54) is 63.5 Å². The Balaban J connectivity index is 1.66. The molecule has 1 aliphatic rings. The van der Waals surface area contributed by atoms with Crippen molar-refractivity contribution >= 4 is 17.8 Å². The number of unbranched alkanes of at least 4 members (excludes halogenated alkanes) is 8. The minimum Gasteiger partial charge on any atom is -0.491 e. The number of carbonyl (C=O) groups is 1. The second-order valence-corrected chi connectivity index (χ2v) is 9.60. The summed E-state index contributed by atoms with van der Waals surface area (Å²) in [5, 5.41) is 9.99. The molecule has 36 heavy (non-hydrogen) atoms. The highest BCUT2D eigenvalue weighted by Crippen LogP contribution is 2.31. The monoisotopic (exact) mass is 493 g/mol. The van der Waals surface area contributed by atoms with E-state index in [0.29, 0.717) is 29.5 Å². The maximum Gasteiger partial charge on any atom is 0.341 e. The van der Waals surface area contributed by atoms with Gasteiger partial charge >= 0.3 is 5.97 Å². The number of aromatic amines is 2. The second kappa shape index (κ2) is 14.5. The first-order valence-electron chi connectivity index (χ1n) is 13.8. The number of nitrogens with one attached hydrogen (secondary N) is 2. The molecular weight excluding hydrogens is 450 g/mol. The number of H-pyrrole nitrogens is 2. The smallest absolute Gasteiger partial charge is 0.341 e. The lowest BCUT2D eigenvalue weighted by molar-refractivity contribution is -0.132. The number of aliphatic carboxylic acids is 1. The highest BCUT2D eigenvalue weighted by Gasteiger charge is 2.32. The van der Waals surface area contributed by atoms with E-state index in [9.17, 15) is 9.90 Å². The maximum atomic E-state index is 12.2. The molecule has 0 aromatic carbocycles. The van der Waals surface area contributed by atoms with E-state index in [4.69, 9.17) is 9.73 Å². The van der Waals surface area contributed by atoms with Crippen LogP contribution in [0.5, 0.6) is 0 Å². The zero-order valence-electron chi connectivity index (χ0n) is 22.3. The largest absolute Gasteiger partial charge is 0.491 e. The number of aryl methyl sites for hydroxylation is 2. The molecule has 3 heterocycles. The van der Waals surface area contributed by atoms with Crippen LogP contribution in [0.2, 0.25) is 0 Å². The Labute approximate surface area is 216 Å². The zero-order valence-corrected chi connectivity index (χ0v) is 22.3. The Morgan fingerprint density at radius 2 is 1.53 bits per heavy atom. The Bertz CT molecular complexity index is 1070. The van der Waals surface area contributed by atoms with Crippen molar-refractivity contribution in [1.29, 1.82) is 0 Å². The zero-order chi connectivity index (χ0) is 25.8. The van der Waals surface area contributed by atoms with Gasteiger partial charge in [0.2, 0.25) is 0 Å². The van der Waals surface area contributed by atoms with Crippen LogP contribution in [0, 0.1) is 0 Å². The van der Waals surface area contributed by atoms with Crippen LogP contribution in [0.3, 0.4) is 0 Å². The third kappa shape index (κ3) is 7.74. The molecule has 6 nitrogen and oxygen atoms in total. The van der Waals surface area contributed by atoms with E-state index in [0.717, 1.165) is 30.7 Å². The third-order valence-corrected chi connectivity index (χ3v) is 6.56. The van der Waals surface area contributed by atoms with Crippen LogP contribution in [-0.2, 0) is 22.4 Å². The summed E-state index contributed by atoms with van der Waals surface area (Å²) >= 11 is 0. The van der Waals surface area contributed by atoms with Gasteiger partial charge in [0.25, 0.3) is 0 Å². The van der Waals surface area contributed by atoms with Gasteiger partial charge < -0.3 is 19.8 Å². The molecule has 0 atom stereocenters. The molecule has 2 aromatic rings. The van der Waals surface area contributed by atoms with Crippen molar-refractivity contribution in [3.63, 3.8) is 0 Å². The van der Waals surface area contributed by atoms with Crippen molar-refractivity contribution in [2.24, 2.45) is 4.99 Å². The van der Waals surface area contributed by atoms with Gasteiger partial charge in [0.1, 0.15) is 17.0 Å². The highest BCUT2D eigenvalue weighted by molar-refractivity contribution is 6.28. The number of aromatic nitrogens is 2. The molecule has 196 valence electrons. The SMILES string of the molecule is CCCCCCCCCCCc1ccc(C=C2N=C(c3ccc(CCC)[nH]3)C(C(=O)O)=C2OCC)[nH]1. The van der Waals surface area contributed by atoms with Crippen molar-refractivity contribution in [2.45, 2.75) is 97.8 Å². The summed E-state index contributed by atoms with van der Waals surface area (Å²) in [4.78, 5) is 23.7. The van der Waals surface area contributed by atoms with Crippen LogP contribution in [-0.4, -0.2) is 33.4 Å². The van der Waals surface area contributed by atoms with Crippen LogP contribution in [0.25, 0.3) is 6.08 Å². The molecule has 0 spiro atoms. The first-order chi connectivity index (χ1) is 17.6. The van der Waals surface area contributed by atoms with Gasteiger partial charge in [-0.25, -0.2) is 9.79 Å². The molecule has 3 rings (SSSR count). The van der Waals surface area contributed by atoms with E-state index in [2.05, 4.69) is 29.9 Å². The molecule has 0 saturated carbocycles. The summed E-state index contributed by atoms with van der Waals surface area (Å²) in [5.74, 6) is -0.716. The van der Waals surface area contributed by atoms with Gasteiger partial charge in [0.05, 0.1) is 12.3 Å². The lowest BCUT2D eigenvalue weighted by Crippen LogP contribution is -2.14. The molecule has 0 saturated heterocycles. The first-order valence-corrected chi connectivity index (χ1v) is 13.8. The summed E-state index contributed by atoms with van der Waals surface area (Å²) in [7, 11) is 0. The third-order valence-electron chi connectivity index (χ3n) is 6.56. The number of ether oxygens (including phenoxy) is 1. The molecule has 0 unspecified atom stereocenters. The lowest BCUT2D eigenvalue weighted by atomic mass is 10.1. The van der Waals surface area contributed by atoms with Gasteiger partial charge in [-0.15, -0.1) is 0 Å². The van der Waals surface area contributed by atoms with Crippen LogP contribution < -0.4 is 0 Å². The fourth-order valence-electron chi connectivity index (χ4n) is 4.70. The first kappa shape index (κ1) is 27.6. The van der Waals surface area contributed by atoms with Crippen molar-refractivity contribution in [3.8, 4) is 0 Å². The number of aliphatic imine (C=N–C) groups is 1. The Morgan fingerprint density at radius 3 is 2.19 bits per heavy atom. The van der Waals surface area contributed by atoms with Crippen molar-refractivity contribution in [1.82, 2.24) is 9.97 Å². The minimum atomic E-state index is -1.04. The van der Waals surface area contributed by atoms with E-state index in [1.54, 1.807) is 0 Å². The van der Waals surface area contributed by atoms with Gasteiger partial charge in [0.15, 0.2) is 5.76 Å². The van der Waals surface area contributed by atoms with Crippen LogP contribution in [0.4, 0.5) is 0 Å². The van der Waals surface area contributed by atoms with Crippen LogP contribution in [0.1, 0.15) is 108 Å². The number of hydrogen-bond acceptors (Lipinski definition) is 3. The van der Waals surface area contributed by atoms with Crippen molar-refractivity contribution in [2.75, 3.05) is 6.61 Å². The standard InChI is InChI=1S/C30H43N3O3/c1-4-7-8-9-10-11-12-13-14-16-23-17-18-24(31-23)21-26-29(36-6-3)27(30(34)35)28(33-26)25-20-19-22(32-25)15-5-2/h17-21,31-32H,4-16H2,1-3H3,(H,34,35). The summed E-state index contributed by atoms with van der Waals surface area (Å²) in [6.07, 6.45) is 16.7. The summed E-state index contributed by atoms with van der Waals surface area (Å²) < 4.78 is 5.80. The predicted octanol–water partition coefficient (Wildman–Crippen LogP) is 7.59. The Kier molecular flexibility index (Phi) is 11.1. The molecule has 6 heteroatoms. The Morgan fingerprint density at radius 1 is 0.861 bits per heavy atom. The summed E-state index contributed by atoms with van der Waals surface area (Å²) in [6.45, 7) is 6.60. The normalized spacial score (nSPS) is 14.6. The van der Waals surface area contributed by atoms with E-state index in [1.807, 2.05) is 31.2 Å². The maximum absolute atomic E-state index is 12.2. The molecule has 3 N–H and O–H groups in total. The van der Waals surface area contributed by atoms with Gasteiger partial charge in [0, 0.05) is 17.1 Å². The van der Waals surface area contributed by atoms with Gasteiger partial charge in [-0.3, -0.25) is 0 Å². The molecule has 0 radical (unpaired) electrons. The minimum absolute atomic E-state index is 0.106. The average Bonchev–Trinajstić information content (AvgIpc) is 3.58. The quantitative estimate of drug-likeness (QED) is 0.198. The summed E-state index contributed by atoms with van der Waals surface area (Å²) in [5.41, 5.74) is 4.93. The summed E-state index contributed by atoms with van der Waals surface area (Å²) in [6, 6.07) is 8.03. The fourth-order valence-corrected chi connectivity index (χ4v) is 4.70. The van der Waals surface area contributed by atoms with Gasteiger partial charge in [-0.2, -0.15) is 0 Å². The number of carboxylic acid groups (broad SMARTS) is 1. The number of rotatable bonds is 17. The van der Waals surface area contributed by atoms with E-state index >= 15 is 0 Å². The van der Waals surface area contributed by atoms with Crippen LogP contribution in [0.15, 0.2) is 46.3 Å². The average molecular weight is 494 g/mol. The molecule has 0 fully saturated rings. The molecule has 2 aromatic heterocycles. The molecule has 0 bridgehead atoms. The van der Waals surface area contributed by atoms with E-state index < -0.39 is 5.97 Å². The van der Waals surface area contributed by atoms with Gasteiger partial charge in [-0.05, 0) is 56.5 Å².